The van der Waals surface area contributed by atoms with Crippen LogP contribution in [0.2, 0.25) is 5.02 Å². The average Bonchev–Trinajstić information content (AvgIpc) is 3.33. The van der Waals surface area contributed by atoms with Crippen LogP contribution in [-0.4, -0.2) is 37.0 Å². The molecule has 1 aromatic heterocycles. The van der Waals surface area contributed by atoms with Crippen LogP contribution in [0.25, 0.3) is 0 Å². The SMILES string of the molecule is COC(=O)CCc1ccc(NC(=O)CC(NS(=O)(=O)c2cccc(Cl)c2)n2ccnc2)cc1. The maximum absolute atomic E-state index is 12.8. The Morgan fingerprint density at radius 1 is 1.18 bits per heavy atom. The van der Waals surface area contributed by atoms with E-state index in [1.165, 1.54) is 42.4 Å². The Hall–Kier alpha value is -3.21. The second kappa shape index (κ2) is 11.1. The van der Waals surface area contributed by atoms with E-state index in [1.54, 1.807) is 36.5 Å². The van der Waals surface area contributed by atoms with E-state index in [1.807, 2.05) is 0 Å². The van der Waals surface area contributed by atoms with Gasteiger partial charge in [0, 0.05) is 29.5 Å². The summed E-state index contributed by atoms with van der Waals surface area (Å²) in [4.78, 5) is 27.9. The van der Waals surface area contributed by atoms with Crippen molar-refractivity contribution in [3.8, 4) is 0 Å². The molecule has 1 atom stereocenters. The highest BCUT2D eigenvalue weighted by Gasteiger charge is 2.24. The Bertz CT molecular complexity index is 1200. The van der Waals surface area contributed by atoms with Crippen molar-refractivity contribution in [2.24, 2.45) is 0 Å². The van der Waals surface area contributed by atoms with Crippen LogP contribution in [0, 0.1) is 0 Å². The summed E-state index contributed by atoms with van der Waals surface area (Å²) in [5.74, 6) is -0.692. The molecule has 3 rings (SSSR count). The number of nitrogens with zero attached hydrogens (tertiary/aromatic N) is 2. The smallest absolute Gasteiger partial charge is 0.305 e. The van der Waals surface area contributed by atoms with Crippen molar-refractivity contribution in [2.75, 3.05) is 12.4 Å². The van der Waals surface area contributed by atoms with Crippen LogP contribution < -0.4 is 10.0 Å². The number of esters is 1. The van der Waals surface area contributed by atoms with Crippen molar-refractivity contribution in [3.63, 3.8) is 0 Å². The third-order valence-electron chi connectivity index (χ3n) is 4.74. The highest BCUT2D eigenvalue weighted by atomic mass is 35.5. The van der Waals surface area contributed by atoms with Gasteiger partial charge in [0.15, 0.2) is 0 Å². The van der Waals surface area contributed by atoms with E-state index in [2.05, 4.69) is 19.8 Å². The number of benzene rings is 2. The zero-order chi connectivity index (χ0) is 23.8. The molecular weight excluding hydrogens is 468 g/mol. The number of aryl methyl sites for hydroxylation is 1. The third-order valence-corrected chi connectivity index (χ3v) is 6.44. The van der Waals surface area contributed by atoms with Gasteiger partial charge in [0.2, 0.25) is 15.9 Å². The number of imidazole rings is 1. The summed E-state index contributed by atoms with van der Waals surface area (Å²) in [7, 11) is -2.61. The van der Waals surface area contributed by atoms with Crippen molar-refractivity contribution >= 4 is 39.2 Å². The van der Waals surface area contributed by atoms with Gasteiger partial charge in [-0.1, -0.05) is 29.8 Å². The molecule has 0 saturated carbocycles. The number of halogens is 1. The summed E-state index contributed by atoms with van der Waals surface area (Å²) in [5.41, 5.74) is 1.47. The Balaban J connectivity index is 1.67. The van der Waals surface area contributed by atoms with E-state index in [4.69, 9.17) is 11.6 Å². The van der Waals surface area contributed by atoms with E-state index in [-0.39, 0.29) is 28.7 Å². The number of hydrogen-bond acceptors (Lipinski definition) is 6. The lowest BCUT2D eigenvalue weighted by Crippen LogP contribution is -2.34. The maximum Gasteiger partial charge on any atom is 0.305 e. The standard InChI is InChI=1S/C22H23ClN4O5S/c1-32-22(29)10-7-16-5-8-18(9-6-16)25-21(28)14-20(27-12-11-24-15-27)26-33(30,31)19-4-2-3-17(23)13-19/h2-6,8-9,11-13,15,20,26H,7,10,14H2,1H3,(H,25,28). The Labute approximate surface area is 196 Å². The predicted octanol–water partition coefficient (Wildman–Crippen LogP) is 3.15. The molecule has 0 aliphatic carbocycles. The Morgan fingerprint density at radius 3 is 2.58 bits per heavy atom. The van der Waals surface area contributed by atoms with E-state index < -0.39 is 22.1 Å². The van der Waals surface area contributed by atoms with Gasteiger partial charge in [-0.25, -0.2) is 13.4 Å². The molecule has 3 aromatic rings. The molecule has 11 heteroatoms. The van der Waals surface area contributed by atoms with Crippen LogP contribution in [0.4, 0.5) is 5.69 Å². The first-order chi connectivity index (χ1) is 15.8. The first kappa shape index (κ1) is 24.4. The predicted molar refractivity (Wildman–Crippen MR) is 123 cm³/mol. The van der Waals surface area contributed by atoms with Crippen LogP contribution in [-0.2, 0) is 30.8 Å². The Kier molecular flexibility index (Phi) is 8.21. The quantitative estimate of drug-likeness (QED) is 0.421. The van der Waals surface area contributed by atoms with E-state index in [9.17, 15) is 18.0 Å². The zero-order valence-electron chi connectivity index (χ0n) is 17.8. The summed E-state index contributed by atoms with van der Waals surface area (Å²) in [5, 5.41) is 3.03. The van der Waals surface area contributed by atoms with Gasteiger partial charge in [0.1, 0.15) is 6.17 Å². The molecule has 0 aliphatic rings. The normalized spacial score (nSPS) is 12.2. The lowest BCUT2D eigenvalue weighted by atomic mass is 10.1. The molecule has 0 aliphatic heterocycles. The van der Waals surface area contributed by atoms with Crippen molar-refractivity contribution in [2.45, 2.75) is 30.3 Å². The van der Waals surface area contributed by atoms with Crippen LogP contribution in [0.5, 0.6) is 0 Å². The number of amides is 1. The molecule has 2 N–H and O–H groups in total. The van der Waals surface area contributed by atoms with Gasteiger partial charge < -0.3 is 14.6 Å². The van der Waals surface area contributed by atoms with Gasteiger partial charge in [0.25, 0.3) is 0 Å². The Morgan fingerprint density at radius 2 is 1.94 bits per heavy atom. The van der Waals surface area contributed by atoms with Crippen molar-refractivity contribution in [3.05, 3.63) is 77.8 Å². The number of ether oxygens (including phenoxy) is 1. The van der Waals surface area contributed by atoms with Crippen molar-refractivity contribution < 1.29 is 22.7 Å². The van der Waals surface area contributed by atoms with Gasteiger partial charge in [0.05, 0.1) is 24.8 Å². The lowest BCUT2D eigenvalue weighted by molar-refractivity contribution is -0.140. The molecule has 0 bridgehead atoms. The van der Waals surface area contributed by atoms with Crippen molar-refractivity contribution in [1.29, 1.82) is 0 Å². The van der Waals surface area contributed by atoms with Crippen LogP contribution >= 0.6 is 11.6 Å². The number of anilines is 1. The summed E-state index contributed by atoms with van der Waals surface area (Å²) < 4.78 is 34.3. The fraction of sp³-hybridized carbons (Fsp3) is 0.227. The summed E-state index contributed by atoms with van der Waals surface area (Å²) in [6.07, 6.45) is 4.18. The monoisotopic (exact) mass is 490 g/mol. The number of carbonyl (C=O) groups is 2. The number of rotatable bonds is 10. The number of carbonyl (C=O) groups excluding carboxylic acids is 2. The fourth-order valence-corrected chi connectivity index (χ4v) is 4.53. The molecule has 33 heavy (non-hydrogen) atoms. The molecule has 1 heterocycles. The molecule has 0 radical (unpaired) electrons. The minimum Gasteiger partial charge on any atom is -0.469 e. The molecule has 2 aromatic carbocycles. The molecule has 1 unspecified atom stereocenters. The number of hydrogen-bond donors (Lipinski definition) is 2. The van der Waals surface area contributed by atoms with Gasteiger partial charge >= 0.3 is 5.97 Å². The third kappa shape index (κ3) is 7.14. The largest absolute Gasteiger partial charge is 0.469 e. The molecule has 174 valence electrons. The average molecular weight is 491 g/mol. The van der Waals surface area contributed by atoms with Crippen LogP contribution in [0.15, 0.2) is 72.1 Å². The molecule has 0 spiro atoms. The highest BCUT2D eigenvalue weighted by Crippen LogP contribution is 2.19. The first-order valence-corrected chi connectivity index (χ1v) is 11.8. The first-order valence-electron chi connectivity index (χ1n) is 9.98. The van der Waals surface area contributed by atoms with Crippen LogP contribution in [0.3, 0.4) is 0 Å². The summed E-state index contributed by atoms with van der Waals surface area (Å²) in [6, 6.07) is 12.9. The topological polar surface area (TPSA) is 119 Å². The lowest BCUT2D eigenvalue weighted by Gasteiger charge is -2.20. The van der Waals surface area contributed by atoms with Gasteiger partial charge in [-0.2, -0.15) is 4.72 Å². The van der Waals surface area contributed by atoms with Gasteiger partial charge in [-0.05, 0) is 42.3 Å². The molecule has 9 nitrogen and oxygen atoms in total. The number of methoxy groups -OCH3 is 1. The molecule has 0 fully saturated rings. The minimum absolute atomic E-state index is 0.0110. The van der Waals surface area contributed by atoms with Crippen LogP contribution in [0.1, 0.15) is 24.6 Å². The summed E-state index contributed by atoms with van der Waals surface area (Å²) >= 11 is 5.92. The zero-order valence-corrected chi connectivity index (χ0v) is 19.3. The molecule has 0 saturated heterocycles. The van der Waals surface area contributed by atoms with E-state index >= 15 is 0 Å². The van der Waals surface area contributed by atoms with E-state index in [0.29, 0.717) is 12.1 Å². The number of aromatic nitrogens is 2. The molecule has 1 amide bonds. The van der Waals surface area contributed by atoms with Gasteiger partial charge in [-0.15, -0.1) is 0 Å². The van der Waals surface area contributed by atoms with Crippen molar-refractivity contribution in [1.82, 2.24) is 14.3 Å². The highest BCUT2D eigenvalue weighted by molar-refractivity contribution is 7.89. The molecular formula is C22H23ClN4O5S. The van der Waals surface area contributed by atoms with E-state index in [0.717, 1.165) is 5.56 Å². The maximum atomic E-state index is 12.8. The minimum atomic E-state index is -3.95. The second-order valence-corrected chi connectivity index (χ2v) is 9.28. The summed E-state index contributed by atoms with van der Waals surface area (Å²) in [6.45, 7) is 0. The number of nitrogens with one attached hydrogen (secondary N) is 2. The van der Waals surface area contributed by atoms with Gasteiger partial charge in [-0.3, -0.25) is 9.59 Å². The fourth-order valence-electron chi connectivity index (χ4n) is 3.03. The number of sulfonamides is 1. The second-order valence-electron chi connectivity index (χ2n) is 7.13.